The molecular formula is C17H16O3. The number of rotatable bonds is 0. The first-order valence-corrected chi connectivity index (χ1v) is 6.66. The second-order valence-corrected chi connectivity index (χ2v) is 6.14. The van der Waals surface area contributed by atoms with E-state index in [9.17, 15) is 9.59 Å². The van der Waals surface area contributed by atoms with Crippen LogP contribution in [0.4, 0.5) is 0 Å². The fourth-order valence-corrected chi connectivity index (χ4v) is 2.50. The van der Waals surface area contributed by atoms with Crippen LogP contribution in [-0.2, 0) is 4.74 Å². The first-order chi connectivity index (χ1) is 9.39. The summed E-state index contributed by atoms with van der Waals surface area (Å²) in [7, 11) is 0. The van der Waals surface area contributed by atoms with Crippen LogP contribution in [0, 0.1) is 5.41 Å². The van der Waals surface area contributed by atoms with Gasteiger partial charge < -0.3 is 4.74 Å². The fourth-order valence-electron chi connectivity index (χ4n) is 2.50. The Kier molecular flexibility index (Phi) is 2.68. The lowest BCUT2D eigenvalue weighted by Crippen LogP contribution is -2.28. The average molecular weight is 268 g/mol. The van der Waals surface area contributed by atoms with E-state index in [0.29, 0.717) is 22.3 Å². The number of carbonyl (C=O) groups excluding carboxylic acids is 2. The quantitative estimate of drug-likeness (QED) is 0.725. The third-order valence-electron chi connectivity index (χ3n) is 3.65. The molecule has 0 amide bonds. The van der Waals surface area contributed by atoms with Crippen LogP contribution in [0.25, 0.3) is 0 Å². The van der Waals surface area contributed by atoms with Crippen molar-refractivity contribution in [2.24, 2.45) is 5.41 Å². The van der Waals surface area contributed by atoms with E-state index in [4.69, 9.17) is 4.74 Å². The molecule has 0 unspecified atom stereocenters. The molecule has 0 bridgehead atoms. The highest BCUT2D eigenvalue weighted by atomic mass is 16.5. The van der Waals surface area contributed by atoms with E-state index in [1.54, 1.807) is 30.3 Å². The van der Waals surface area contributed by atoms with Gasteiger partial charge in [-0.05, 0) is 6.08 Å². The molecule has 1 aliphatic carbocycles. The van der Waals surface area contributed by atoms with Crippen molar-refractivity contribution in [3.05, 3.63) is 58.4 Å². The van der Waals surface area contributed by atoms with E-state index in [-0.39, 0.29) is 23.6 Å². The molecule has 3 nitrogen and oxygen atoms in total. The molecule has 0 aromatic heterocycles. The van der Waals surface area contributed by atoms with Gasteiger partial charge in [0.15, 0.2) is 11.6 Å². The number of fused-ring (bicyclic) bond motifs is 1. The Balaban J connectivity index is 2.16. The summed E-state index contributed by atoms with van der Waals surface area (Å²) < 4.78 is 5.68. The summed E-state index contributed by atoms with van der Waals surface area (Å²) in [5, 5.41) is 0. The van der Waals surface area contributed by atoms with Crippen molar-refractivity contribution in [2.45, 2.75) is 20.8 Å². The lowest BCUT2D eigenvalue weighted by Gasteiger charge is -2.30. The van der Waals surface area contributed by atoms with Gasteiger partial charge in [-0.15, -0.1) is 0 Å². The molecule has 2 aliphatic rings. The highest BCUT2D eigenvalue weighted by molar-refractivity contribution is 6.28. The molecular weight excluding hydrogens is 252 g/mol. The van der Waals surface area contributed by atoms with Crippen LogP contribution in [-0.4, -0.2) is 18.2 Å². The molecule has 0 atom stereocenters. The van der Waals surface area contributed by atoms with Gasteiger partial charge >= 0.3 is 0 Å². The number of ketones is 2. The van der Waals surface area contributed by atoms with Gasteiger partial charge in [-0.25, -0.2) is 0 Å². The van der Waals surface area contributed by atoms with Crippen molar-refractivity contribution >= 4 is 11.6 Å². The van der Waals surface area contributed by atoms with E-state index in [1.165, 1.54) is 0 Å². The molecule has 0 fully saturated rings. The van der Waals surface area contributed by atoms with E-state index >= 15 is 0 Å². The number of hydrogen-bond acceptors (Lipinski definition) is 3. The second kappa shape index (κ2) is 4.17. The second-order valence-electron chi connectivity index (χ2n) is 6.14. The SMILES string of the molecule is CC(C)(C)C1=CC2=C(CO1)C(=O)c1ccccc1C2=O. The lowest BCUT2D eigenvalue weighted by atomic mass is 9.81. The standard InChI is InChI=1S/C17H16O3/c1-17(2,3)14-8-12-13(9-20-14)16(19)11-7-5-4-6-10(11)15(12)18/h4-8H,9H2,1-3H3. The van der Waals surface area contributed by atoms with Crippen molar-refractivity contribution in [1.82, 2.24) is 0 Å². The number of Topliss-reactive ketones (excluding diaryl/α,β-unsaturated/α-hetero) is 2. The summed E-state index contributed by atoms with van der Waals surface area (Å²) in [4.78, 5) is 25.0. The molecule has 20 heavy (non-hydrogen) atoms. The van der Waals surface area contributed by atoms with Crippen LogP contribution < -0.4 is 0 Å². The topological polar surface area (TPSA) is 43.4 Å². The van der Waals surface area contributed by atoms with Crippen molar-refractivity contribution in [1.29, 1.82) is 0 Å². The Hall–Kier alpha value is -2.16. The molecule has 3 rings (SSSR count). The molecule has 1 aromatic rings. The monoisotopic (exact) mass is 268 g/mol. The third-order valence-corrected chi connectivity index (χ3v) is 3.65. The molecule has 0 saturated carbocycles. The smallest absolute Gasteiger partial charge is 0.194 e. The molecule has 0 saturated heterocycles. The van der Waals surface area contributed by atoms with Gasteiger partial charge in [0.05, 0.1) is 0 Å². The minimum atomic E-state index is -0.182. The van der Waals surface area contributed by atoms with Crippen LogP contribution in [0.3, 0.4) is 0 Å². The third kappa shape index (κ3) is 1.82. The van der Waals surface area contributed by atoms with Crippen LogP contribution in [0.15, 0.2) is 47.2 Å². The van der Waals surface area contributed by atoms with Gasteiger partial charge in [0, 0.05) is 27.7 Å². The van der Waals surface area contributed by atoms with Gasteiger partial charge in [-0.1, -0.05) is 45.0 Å². The maximum absolute atomic E-state index is 12.6. The van der Waals surface area contributed by atoms with E-state index in [0.717, 1.165) is 5.76 Å². The minimum absolute atomic E-state index is 0.0831. The van der Waals surface area contributed by atoms with Gasteiger partial charge in [-0.3, -0.25) is 9.59 Å². The van der Waals surface area contributed by atoms with Gasteiger partial charge in [-0.2, -0.15) is 0 Å². The molecule has 0 radical (unpaired) electrons. The van der Waals surface area contributed by atoms with Crippen molar-refractivity contribution in [2.75, 3.05) is 6.61 Å². The maximum atomic E-state index is 12.6. The molecule has 0 N–H and O–H groups in total. The van der Waals surface area contributed by atoms with E-state index < -0.39 is 0 Å². The zero-order valence-corrected chi connectivity index (χ0v) is 11.8. The van der Waals surface area contributed by atoms with Crippen LogP contribution >= 0.6 is 0 Å². The summed E-state index contributed by atoms with van der Waals surface area (Å²) in [6, 6.07) is 6.96. The number of ether oxygens (including phenoxy) is 1. The zero-order chi connectivity index (χ0) is 14.5. The molecule has 0 spiro atoms. The molecule has 1 aromatic carbocycles. The number of hydrogen-bond donors (Lipinski definition) is 0. The Labute approximate surface area is 117 Å². The Morgan fingerprint density at radius 2 is 1.60 bits per heavy atom. The minimum Gasteiger partial charge on any atom is -0.492 e. The fraction of sp³-hybridized carbons (Fsp3) is 0.294. The summed E-state index contributed by atoms with van der Waals surface area (Å²) >= 11 is 0. The number of carbonyl (C=O) groups is 2. The summed E-state index contributed by atoms with van der Waals surface area (Å²) in [5.74, 6) is 0.566. The summed E-state index contributed by atoms with van der Waals surface area (Å²) in [5.41, 5.74) is 1.75. The predicted octanol–water partition coefficient (Wildman–Crippen LogP) is 3.32. The molecule has 1 heterocycles. The van der Waals surface area contributed by atoms with E-state index in [2.05, 4.69) is 0 Å². The normalized spacial score (nSPS) is 18.2. The van der Waals surface area contributed by atoms with Crippen molar-refractivity contribution < 1.29 is 14.3 Å². The molecule has 102 valence electrons. The van der Waals surface area contributed by atoms with Crippen LogP contribution in [0.2, 0.25) is 0 Å². The summed E-state index contributed by atoms with van der Waals surface area (Å²) in [6.07, 6.45) is 1.73. The summed E-state index contributed by atoms with van der Waals surface area (Å²) in [6.45, 7) is 6.24. The Bertz CT molecular complexity index is 684. The molecule has 3 heteroatoms. The predicted molar refractivity (Wildman–Crippen MR) is 75.6 cm³/mol. The van der Waals surface area contributed by atoms with Gasteiger partial charge in [0.2, 0.25) is 0 Å². The lowest BCUT2D eigenvalue weighted by molar-refractivity contribution is 0.0934. The van der Waals surface area contributed by atoms with Crippen LogP contribution in [0.5, 0.6) is 0 Å². The van der Waals surface area contributed by atoms with Crippen molar-refractivity contribution in [3.8, 4) is 0 Å². The first-order valence-electron chi connectivity index (χ1n) is 6.66. The van der Waals surface area contributed by atoms with Gasteiger partial charge in [0.25, 0.3) is 0 Å². The van der Waals surface area contributed by atoms with E-state index in [1.807, 2.05) is 20.8 Å². The van der Waals surface area contributed by atoms with Gasteiger partial charge in [0.1, 0.15) is 12.4 Å². The number of benzene rings is 1. The van der Waals surface area contributed by atoms with Crippen LogP contribution in [0.1, 0.15) is 41.5 Å². The highest BCUT2D eigenvalue weighted by Crippen LogP contribution is 2.36. The number of allylic oxidation sites excluding steroid dienone is 3. The average Bonchev–Trinajstić information content (AvgIpc) is 2.43. The van der Waals surface area contributed by atoms with Crippen molar-refractivity contribution in [3.63, 3.8) is 0 Å². The highest BCUT2D eigenvalue weighted by Gasteiger charge is 2.35. The molecule has 1 aliphatic heterocycles. The first kappa shape index (κ1) is 12.9. The zero-order valence-electron chi connectivity index (χ0n) is 11.8. The largest absolute Gasteiger partial charge is 0.492 e. The maximum Gasteiger partial charge on any atom is 0.194 e. The Morgan fingerprint density at radius 1 is 1.00 bits per heavy atom. The Morgan fingerprint density at radius 3 is 2.20 bits per heavy atom.